The summed E-state index contributed by atoms with van der Waals surface area (Å²) in [6.07, 6.45) is 7.70. The van der Waals surface area contributed by atoms with Gasteiger partial charge in [-0.05, 0) is 98.0 Å². The highest BCUT2D eigenvalue weighted by atomic mass is 16.5. The zero-order valence-electron chi connectivity index (χ0n) is 30.4. The molecule has 1 aromatic heterocycles. The molecule has 3 N–H and O–H groups in total. The van der Waals surface area contributed by atoms with E-state index in [1.165, 1.54) is 5.56 Å². The van der Waals surface area contributed by atoms with Gasteiger partial charge in [-0.3, -0.25) is 9.48 Å². The Morgan fingerprint density at radius 2 is 1.80 bits per heavy atom. The number of quaternary nitrogens is 1. The van der Waals surface area contributed by atoms with Crippen LogP contribution >= 0.6 is 0 Å². The van der Waals surface area contributed by atoms with E-state index in [2.05, 4.69) is 41.7 Å². The minimum Gasteiger partial charge on any atom is -0.493 e. The van der Waals surface area contributed by atoms with Gasteiger partial charge in [0.15, 0.2) is 0 Å². The average Bonchev–Trinajstić information content (AvgIpc) is 3.55. The summed E-state index contributed by atoms with van der Waals surface area (Å²) in [7, 11) is 6.14. The Labute approximate surface area is 300 Å². The van der Waals surface area contributed by atoms with E-state index in [1.54, 1.807) is 6.07 Å². The summed E-state index contributed by atoms with van der Waals surface area (Å²) in [4.78, 5) is 39.8. The highest BCUT2D eigenvalue weighted by Gasteiger charge is 2.25. The molecule has 11 heteroatoms. The van der Waals surface area contributed by atoms with Crippen molar-refractivity contribution in [3.05, 3.63) is 95.3 Å². The maximum atomic E-state index is 13.4. The molecule has 0 spiro atoms. The van der Waals surface area contributed by atoms with Gasteiger partial charge in [0.2, 0.25) is 5.91 Å². The maximum Gasteiger partial charge on any atom is 0.326 e. The first-order chi connectivity index (χ1) is 24.4. The molecule has 0 saturated heterocycles. The third kappa shape index (κ3) is 10.2. The van der Waals surface area contributed by atoms with Gasteiger partial charge in [0.1, 0.15) is 11.8 Å². The van der Waals surface area contributed by atoms with Gasteiger partial charge in [-0.25, -0.2) is 9.59 Å². The maximum absolute atomic E-state index is 13.4. The molecule has 11 nitrogen and oxygen atoms in total. The topological polar surface area (TPSA) is 126 Å². The van der Waals surface area contributed by atoms with Crippen LogP contribution in [0.2, 0.25) is 0 Å². The summed E-state index contributed by atoms with van der Waals surface area (Å²) in [5, 5.41) is 19.6. The van der Waals surface area contributed by atoms with Crippen molar-refractivity contribution in [1.29, 1.82) is 0 Å². The number of aromatic nitrogens is 2. The minimum absolute atomic E-state index is 0.105. The molecule has 1 atom stereocenters. The molecule has 1 aliphatic heterocycles. The molecule has 0 fully saturated rings. The van der Waals surface area contributed by atoms with Gasteiger partial charge < -0.3 is 29.9 Å². The number of urea groups is 1. The lowest BCUT2D eigenvalue weighted by molar-refractivity contribution is -0.870. The highest BCUT2D eigenvalue weighted by molar-refractivity contribution is 5.96. The standard InChI is InChI=1S/C40H50N6O5/c1-28-12-6-19-37(29(28)2)51-23-11-20-38(47)45-21-9-16-34-33(15-8-18-36(34)45)31-25-41-44(27-31)26-30-13-7-14-32(24-30)42-40(50)43-35(39(48)49)17-10-22-46(3,4)5/h6-8,12-15,18-19,24-25,27,35H,9-11,16-17,20-23,26H2,1-5H3,(H2-,42,43,48,49,50)/p+1. The molecule has 0 radical (unpaired) electrons. The number of hydrogen-bond acceptors (Lipinski definition) is 5. The van der Waals surface area contributed by atoms with Crippen molar-refractivity contribution >= 4 is 29.3 Å². The Kier molecular flexibility index (Phi) is 12.1. The summed E-state index contributed by atoms with van der Waals surface area (Å²) < 4.78 is 8.57. The predicted molar refractivity (Wildman–Crippen MR) is 200 cm³/mol. The largest absolute Gasteiger partial charge is 0.493 e. The smallest absolute Gasteiger partial charge is 0.326 e. The molecule has 1 aliphatic rings. The Bertz CT molecular complexity index is 1840. The molecule has 5 rings (SSSR count). The zero-order chi connectivity index (χ0) is 36.5. The van der Waals surface area contributed by atoms with Crippen LogP contribution in [0.1, 0.15) is 54.4 Å². The lowest BCUT2D eigenvalue weighted by atomic mass is 9.93. The van der Waals surface area contributed by atoms with E-state index < -0.39 is 18.0 Å². The Balaban J connectivity index is 1.18. The van der Waals surface area contributed by atoms with Crippen molar-refractivity contribution in [3.63, 3.8) is 0 Å². The van der Waals surface area contributed by atoms with Crippen molar-refractivity contribution in [2.24, 2.45) is 0 Å². The monoisotopic (exact) mass is 695 g/mol. The van der Waals surface area contributed by atoms with Crippen LogP contribution in [0.4, 0.5) is 16.2 Å². The summed E-state index contributed by atoms with van der Waals surface area (Å²) in [5.41, 5.74) is 7.95. The molecule has 0 saturated carbocycles. The van der Waals surface area contributed by atoms with Crippen LogP contribution in [0.15, 0.2) is 73.1 Å². The number of carboxylic acids is 1. The second-order valence-corrected chi connectivity index (χ2v) is 14.4. The van der Waals surface area contributed by atoms with Gasteiger partial charge in [-0.15, -0.1) is 0 Å². The number of carbonyl (C=O) groups is 3. The summed E-state index contributed by atoms with van der Waals surface area (Å²) in [6.45, 7) is 6.59. The number of ether oxygens (including phenoxy) is 1. The van der Waals surface area contributed by atoms with E-state index in [0.717, 1.165) is 63.1 Å². The Morgan fingerprint density at radius 1 is 1.02 bits per heavy atom. The number of fused-ring (bicyclic) bond motifs is 1. The normalized spacial score (nSPS) is 13.3. The molecule has 3 amide bonds. The first-order valence-corrected chi connectivity index (χ1v) is 17.7. The third-order valence-electron chi connectivity index (χ3n) is 9.30. The summed E-state index contributed by atoms with van der Waals surface area (Å²) in [5.74, 6) is -0.0757. The number of carboxylic acid groups (broad SMARTS) is 1. The van der Waals surface area contributed by atoms with Crippen LogP contribution in [0.5, 0.6) is 5.75 Å². The quantitative estimate of drug-likeness (QED) is 0.0975. The van der Waals surface area contributed by atoms with Crippen molar-refractivity contribution in [1.82, 2.24) is 15.1 Å². The molecular formula is C40H51N6O5+. The molecule has 270 valence electrons. The van der Waals surface area contributed by atoms with Gasteiger partial charge in [-0.1, -0.05) is 36.4 Å². The van der Waals surface area contributed by atoms with E-state index in [0.29, 0.717) is 51.1 Å². The van der Waals surface area contributed by atoms with Gasteiger partial charge in [0.05, 0.1) is 47.0 Å². The van der Waals surface area contributed by atoms with Crippen LogP contribution in [-0.4, -0.2) is 84.2 Å². The molecular weight excluding hydrogens is 644 g/mol. The molecule has 51 heavy (non-hydrogen) atoms. The fourth-order valence-electron chi connectivity index (χ4n) is 6.45. The number of amides is 3. The fourth-order valence-corrected chi connectivity index (χ4v) is 6.45. The highest BCUT2D eigenvalue weighted by Crippen LogP contribution is 2.36. The lowest BCUT2D eigenvalue weighted by Crippen LogP contribution is -2.44. The molecule has 0 bridgehead atoms. The number of benzene rings is 3. The number of carbonyl (C=O) groups excluding carboxylic acids is 2. The Morgan fingerprint density at radius 3 is 2.59 bits per heavy atom. The predicted octanol–water partition coefficient (Wildman–Crippen LogP) is 6.41. The van der Waals surface area contributed by atoms with Crippen molar-refractivity contribution in [2.75, 3.05) is 51.1 Å². The van der Waals surface area contributed by atoms with Crippen molar-refractivity contribution < 1.29 is 28.7 Å². The lowest BCUT2D eigenvalue weighted by Gasteiger charge is -2.31. The number of nitrogens with one attached hydrogen (secondary N) is 2. The molecule has 3 aromatic carbocycles. The summed E-state index contributed by atoms with van der Waals surface area (Å²) >= 11 is 0. The number of hydrogen-bond donors (Lipinski definition) is 3. The number of aryl methyl sites for hydroxylation is 1. The first kappa shape index (κ1) is 37.1. The van der Waals surface area contributed by atoms with E-state index >= 15 is 0 Å². The fraction of sp³-hybridized carbons (Fsp3) is 0.400. The molecule has 0 aliphatic carbocycles. The van der Waals surface area contributed by atoms with E-state index in [1.807, 2.05) is 85.6 Å². The van der Waals surface area contributed by atoms with E-state index in [4.69, 9.17) is 4.74 Å². The van der Waals surface area contributed by atoms with E-state index in [9.17, 15) is 19.5 Å². The molecule has 4 aromatic rings. The van der Waals surface area contributed by atoms with Crippen LogP contribution < -0.4 is 20.3 Å². The number of anilines is 2. The van der Waals surface area contributed by atoms with Crippen LogP contribution in [0.25, 0.3) is 11.1 Å². The second-order valence-electron chi connectivity index (χ2n) is 14.4. The van der Waals surface area contributed by atoms with E-state index in [-0.39, 0.29) is 5.91 Å². The van der Waals surface area contributed by atoms with Gasteiger partial charge >= 0.3 is 12.0 Å². The SMILES string of the molecule is Cc1cccc(OCCCC(=O)N2CCCc3c(-c4cnn(Cc5cccc(NC(=O)NC(CCC[N+](C)(C)C)C(=O)O)c5)c4)cccc32)c1C. The number of rotatable bonds is 15. The van der Waals surface area contributed by atoms with Gasteiger partial charge in [-0.2, -0.15) is 5.10 Å². The Hall–Kier alpha value is -5.16. The zero-order valence-corrected chi connectivity index (χ0v) is 30.4. The minimum atomic E-state index is -1.05. The van der Waals surface area contributed by atoms with Crippen molar-refractivity contribution in [2.45, 2.75) is 65.0 Å². The number of aliphatic carboxylic acids is 1. The van der Waals surface area contributed by atoms with Crippen molar-refractivity contribution in [3.8, 4) is 16.9 Å². The average molecular weight is 696 g/mol. The molecule has 1 unspecified atom stereocenters. The van der Waals surface area contributed by atoms with Crippen LogP contribution in [-0.2, 0) is 22.6 Å². The van der Waals surface area contributed by atoms with Crippen LogP contribution in [0, 0.1) is 13.8 Å². The third-order valence-corrected chi connectivity index (χ3v) is 9.30. The van der Waals surface area contributed by atoms with Gasteiger partial charge in [0, 0.05) is 36.1 Å². The first-order valence-electron chi connectivity index (χ1n) is 17.7. The summed E-state index contributed by atoms with van der Waals surface area (Å²) in [6, 6.07) is 18.0. The molecule has 2 heterocycles. The second kappa shape index (κ2) is 16.7. The van der Waals surface area contributed by atoms with Gasteiger partial charge in [0.25, 0.3) is 0 Å². The van der Waals surface area contributed by atoms with Crippen LogP contribution in [0.3, 0.4) is 0 Å². The number of nitrogens with zero attached hydrogens (tertiary/aromatic N) is 4.